The number of aliphatic hydroxyl groups excluding tert-OH is 2. The van der Waals surface area contributed by atoms with Crippen molar-refractivity contribution >= 4 is 10.8 Å². The number of aromatic hydroxyl groups is 1. The maximum absolute atomic E-state index is 14.5. The molecule has 1 atom stereocenters. The van der Waals surface area contributed by atoms with Gasteiger partial charge in [0.15, 0.2) is 0 Å². The van der Waals surface area contributed by atoms with Gasteiger partial charge in [0, 0.05) is 49.0 Å². The first-order valence-corrected chi connectivity index (χ1v) is 10.7. The monoisotopic (exact) mass is 484 g/mol. The van der Waals surface area contributed by atoms with Crippen LogP contribution < -0.4 is 5.32 Å². The topological polar surface area (TPSA) is 85.6 Å². The molecule has 1 aromatic heterocycles. The van der Waals surface area contributed by atoms with Crippen molar-refractivity contribution in [2.24, 2.45) is 0 Å². The predicted octanol–water partition coefficient (Wildman–Crippen LogP) is 4.98. The molecule has 10 heteroatoms. The highest BCUT2D eigenvalue weighted by Gasteiger charge is 2.34. The number of hydrogen-bond acceptors (Lipinski definition) is 5. The van der Waals surface area contributed by atoms with Gasteiger partial charge in [0.25, 0.3) is 0 Å². The third-order valence-corrected chi connectivity index (χ3v) is 5.72. The number of benzene rings is 2. The lowest BCUT2D eigenvalue weighted by molar-refractivity contribution is -0.140. The number of rotatable bonds is 6. The van der Waals surface area contributed by atoms with Crippen molar-refractivity contribution in [2.45, 2.75) is 50.6 Å². The van der Waals surface area contributed by atoms with Crippen LogP contribution in [0.25, 0.3) is 10.8 Å². The SMILES string of the molecule is OCCC(O)c1cc(F)c(CNC2CCC2)c2ccncc12.Oc1ccc(F)c(C(F)(F)F)c1. The van der Waals surface area contributed by atoms with Crippen LogP contribution in [0.4, 0.5) is 22.0 Å². The second-order valence-electron chi connectivity index (χ2n) is 8.05. The van der Waals surface area contributed by atoms with Crippen molar-refractivity contribution in [1.82, 2.24) is 10.3 Å². The van der Waals surface area contributed by atoms with E-state index in [4.69, 9.17) is 10.2 Å². The molecule has 1 heterocycles. The lowest BCUT2D eigenvalue weighted by atomic mass is 9.92. The molecule has 34 heavy (non-hydrogen) atoms. The number of pyridine rings is 1. The number of nitrogens with one attached hydrogen (secondary N) is 1. The molecule has 1 unspecified atom stereocenters. The Kier molecular flexibility index (Phi) is 8.40. The Hall–Kier alpha value is -2.82. The normalized spacial score (nSPS) is 14.9. The molecule has 1 aliphatic rings. The highest BCUT2D eigenvalue weighted by atomic mass is 19.4. The van der Waals surface area contributed by atoms with Gasteiger partial charge in [-0.15, -0.1) is 0 Å². The lowest BCUT2D eigenvalue weighted by Crippen LogP contribution is -2.34. The molecule has 0 amide bonds. The first-order valence-electron chi connectivity index (χ1n) is 10.7. The smallest absolute Gasteiger partial charge is 0.419 e. The Labute approximate surface area is 192 Å². The van der Waals surface area contributed by atoms with Crippen molar-refractivity contribution in [3.8, 4) is 5.75 Å². The number of alkyl halides is 3. The molecule has 184 valence electrons. The number of aliphatic hydroxyl groups is 2. The quantitative estimate of drug-likeness (QED) is 0.371. The largest absolute Gasteiger partial charge is 0.508 e. The summed E-state index contributed by atoms with van der Waals surface area (Å²) in [6.07, 6.45) is 1.35. The summed E-state index contributed by atoms with van der Waals surface area (Å²) in [5, 5.41) is 32.7. The van der Waals surface area contributed by atoms with Gasteiger partial charge < -0.3 is 20.6 Å². The maximum atomic E-state index is 14.5. The van der Waals surface area contributed by atoms with Gasteiger partial charge >= 0.3 is 6.18 Å². The van der Waals surface area contributed by atoms with Gasteiger partial charge in [-0.05, 0) is 54.1 Å². The second-order valence-corrected chi connectivity index (χ2v) is 8.05. The van der Waals surface area contributed by atoms with Crippen LogP contribution >= 0.6 is 0 Å². The van der Waals surface area contributed by atoms with Crippen molar-refractivity contribution in [3.63, 3.8) is 0 Å². The number of hydrogen-bond donors (Lipinski definition) is 4. The Morgan fingerprint density at radius 1 is 1.06 bits per heavy atom. The number of phenolic OH excluding ortho intramolecular Hbond substituents is 1. The number of phenols is 1. The van der Waals surface area contributed by atoms with E-state index in [2.05, 4.69) is 10.3 Å². The Balaban J connectivity index is 0.000000229. The Bertz CT molecular complexity index is 1120. The summed E-state index contributed by atoms with van der Waals surface area (Å²) in [5.74, 6) is -2.32. The first-order chi connectivity index (χ1) is 16.1. The van der Waals surface area contributed by atoms with Gasteiger partial charge in [0.1, 0.15) is 17.4 Å². The molecule has 3 aromatic rings. The van der Waals surface area contributed by atoms with Crippen molar-refractivity contribution in [3.05, 3.63) is 71.1 Å². The molecule has 1 fully saturated rings. The van der Waals surface area contributed by atoms with Crippen LogP contribution in [0.2, 0.25) is 0 Å². The summed E-state index contributed by atoms with van der Waals surface area (Å²) in [5.41, 5.74) is -0.353. The molecule has 1 aliphatic carbocycles. The molecule has 0 aliphatic heterocycles. The molecule has 2 aromatic carbocycles. The highest BCUT2D eigenvalue weighted by Crippen LogP contribution is 2.33. The fourth-order valence-corrected chi connectivity index (χ4v) is 3.64. The lowest BCUT2D eigenvalue weighted by Gasteiger charge is -2.27. The van der Waals surface area contributed by atoms with Gasteiger partial charge in [-0.25, -0.2) is 8.78 Å². The number of halogens is 5. The average molecular weight is 484 g/mol. The minimum Gasteiger partial charge on any atom is -0.508 e. The fourth-order valence-electron chi connectivity index (χ4n) is 3.64. The summed E-state index contributed by atoms with van der Waals surface area (Å²) in [7, 11) is 0. The summed E-state index contributed by atoms with van der Waals surface area (Å²) >= 11 is 0. The van der Waals surface area contributed by atoms with Crippen LogP contribution in [-0.4, -0.2) is 33.0 Å². The van der Waals surface area contributed by atoms with Crippen LogP contribution in [0.5, 0.6) is 5.75 Å². The van der Waals surface area contributed by atoms with E-state index in [9.17, 15) is 27.1 Å². The molecule has 0 saturated heterocycles. The third kappa shape index (κ3) is 6.19. The zero-order chi connectivity index (χ0) is 24.9. The molecule has 0 radical (unpaired) electrons. The summed E-state index contributed by atoms with van der Waals surface area (Å²) in [4.78, 5) is 4.09. The van der Waals surface area contributed by atoms with Gasteiger partial charge in [-0.3, -0.25) is 4.98 Å². The molecule has 4 rings (SSSR count). The zero-order valence-corrected chi connectivity index (χ0v) is 18.1. The van der Waals surface area contributed by atoms with Crippen LogP contribution in [0, 0.1) is 11.6 Å². The molecule has 0 spiro atoms. The van der Waals surface area contributed by atoms with Crippen LogP contribution in [0.3, 0.4) is 0 Å². The van der Waals surface area contributed by atoms with Gasteiger partial charge in [-0.2, -0.15) is 13.2 Å². The molecule has 1 saturated carbocycles. The predicted molar refractivity (Wildman–Crippen MR) is 116 cm³/mol. The minimum atomic E-state index is -4.76. The van der Waals surface area contributed by atoms with E-state index >= 15 is 0 Å². The van der Waals surface area contributed by atoms with Crippen molar-refractivity contribution in [1.29, 1.82) is 0 Å². The highest BCUT2D eigenvalue weighted by molar-refractivity contribution is 5.88. The number of aromatic nitrogens is 1. The average Bonchev–Trinajstić information content (AvgIpc) is 2.75. The molecular weight excluding hydrogens is 459 g/mol. The van der Waals surface area contributed by atoms with Gasteiger partial charge in [0.2, 0.25) is 0 Å². The standard InChI is InChI=1S/C17H21FN2O2.C7H4F4O/c18-16-8-13(17(22)5-7-21)14-9-19-6-4-12(14)15(16)10-20-11-2-1-3-11;8-6-2-1-4(12)3-5(6)7(9,10)11/h4,6,8-9,11,17,20-22H,1-3,5,7,10H2;1-3,12H. The first kappa shape index (κ1) is 25.8. The summed E-state index contributed by atoms with van der Waals surface area (Å²) in [6.45, 7) is 0.336. The second kappa shape index (κ2) is 11.1. The van der Waals surface area contributed by atoms with Gasteiger partial charge in [0.05, 0.1) is 11.7 Å². The van der Waals surface area contributed by atoms with Crippen LogP contribution in [0.1, 0.15) is 48.5 Å². The summed E-state index contributed by atoms with van der Waals surface area (Å²) in [6, 6.07) is 5.40. The fraction of sp³-hybridized carbons (Fsp3) is 0.375. The van der Waals surface area contributed by atoms with E-state index in [1.165, 1.54) is 12.5 Å². The summed E-state index contributed by atoms with van der Waals surface area (Å²) < 4.78 is 62.6. The Morgan fingerprint density at radius 2 is 1.79 bits per heavy atom. The van der Waals surface area contributed by atoms with Crippen LogP contribution in [-0.2, 0) is 12.7 Å². The maximum Gasteiger partial charge on any atom is 0.419 e. The molecule has 0 bridgehead atoms. The van der Waals surface area contributed by atoms with Crippen molar-refractivity contribution in [2.75, 3.05) is 6.61 Å². The van der Waals surface area contributed by atoms with E-state index in [1.54, 1.807) is 18.5 Å². The third-order valence-electron chi connectivity index (χ3n) is 5.72. The van der Waals surface area contributed by atoms with E-state index in [0.29, 0.717) is 35.8 Å². The van der Waals surface area contributed by atoms with Crippen molar-refractivity contribution < 1.29 is 37.3 Å². The zero-order valence-electron chi connectivity index (χ0n) is 18.1. The van der Waals surface area contributed by atoms with Gasteiger partial charge in [-0.1, -0.05) is 6.42 Å². The van der Waals surface area contributed by atoms with E-state index in [0.717, 1.165) is 29.7 Å². The molecular formula is C24H25F5N2O3. The minimum absolute atomic E-state index is 0.143. The van der Waals surface area contributed by atoms with E-state index < -0.39 is 29.4 Å². The van der Waals surface area contributed by atoms with Crippen LogP contribution in [0.15, 0.2) is 42.7 Å². The number of nitrogens with zero attached hydrogens (tertiary/aromatic N) is 1. The molecule has 4 N–H and O–H groups in total. The Morgan fingerprint density at radius 3 is 2.38 bits per heavy atom. The van der Waals surface area contributed by atoms with E-state index in [-0.39, 0.29) is 18.8 Å². The van der Waals surface area contributed by atoms with E-state index in [1.807, 2.05) is 0 Å². The molecule has 5 nitrogen and oxygen atoms in total. The number of fused-ring (bicyclic) bond motifs is 1.